The highest BCUT2D eigenvalue weighted by molar-refractivity contribution is 7.71. The highest BCUT2D eigenvalue weighted by Crippen LogP contribution is 2.22. The Hall–Kier alpha value is -2.97. The van der Waals surface area contributed by atoms with Gasteiger partial charge in [-0.3, -0.25) is 9.59 Å². The number of halogens is 1. The van der Waals surface area contributed by atoms with Gasteiger partial charge in [0.15, 0.2) is 10.6 Å². The molecule has 0 saturated carbocycles. The van der Waals surface area contributed by atoms with Crippen molar-refractivity contribution in [1.82, 2.24) is 19.7 Å². The van der Waals surface area contributed by atoms with Crippen molar-refractivity contribution in [2.24, 2.45) is 7.05 Å². The summed E-state index contributed by atoms with van der Waals surface area (Å²) in [6.45, 7) is 3.85. The molecule has 0 fully saturated rings. The third-order valence-electron chi connectivity index (χ3n) is 4.76. The molecule has 156 valence electrons. The second kappa shape index (κ2) is 9.23. The largest absolute Gasteiger partial charge is 0.345 e. The molecule has 9 heteroatoms. The van der Waals surface area contributed by atoms with E-state index in [0.717, 1.165) is 11.1 Å². The first-order valence-electron chi connectivity index (χ1n) is 9.29. The van der Waals surface area contributed by atoms with E-state index in [-0.39, 0.29) is 24.9 Å². The number of hydrogen-bond donors (Lipinski definition) is 2. The van der Waals surface area contributed by atoms with E-state index in [0.29, 0.717) is 26.9 Å². The van der Waals surface area contributed by atoms with Gasteiger partial charge < -0.3 is 15.2 Å². The number of amides is 2. The minimum absolute atomic E-state index is 0.0512. The highest BCUT2D eigenvalue weighted by Gasteiger charge is 2.14. The van der Waals surface area contributed by atoms with Crippen molar-refractivity contribution in [3.8, 4) is 0 Å². The quantitative estimate of drug-likeness (QED) is 0.568. The van der Waals surface area contributed by atoms with Gasteiger partial charge in [0.2, 0.25) is 5.91 Å². The van der Waals surface area contributed by atoms with Crippen molar-refractivity contribution < 1.29 is 9.59 Å². The van der Waals surface area contributed by atoms with Crippen LogP contribution in [0.15, 0.2) is 42.5 Å². The minimum atomic E-state index is -0.273. The lowest BCUT2D eigenvalue weighted by Crippen LogP contribution is -2.25. The van der Waals surface area contributed by atoms with Crippen molar-refractivity contribution in [2.45, 2.75) is 26.9 Å². The molecule has 0 aliphatic rings. The predicted molar refractivity (Wildman–Crippen MR) is 119 cm³/mol. The number of rotatable bonds is 6. The molecule has 0 radical (unpaired) electrons. The number of hydrogen-bond acceptors (Lipinski definition) is 4. The molecule has 0 bridgehead atoms. The molecule has 0 aliphatic heterocycles. The molecular formula is C21H22ClN5O2S. The molecule has 0 atom stereocenters. The first-order chi connectivity index (χ1) is 14.3. The SMILES string of the molecule is Cc1ccccc1C(=O)NCc1nn(CC(=O)Nc2cccc(Cl)c2C)c(=S)n1C. The summed E-state index contributed by atoms with van der Waals surface area (Å²) < 4.78 is 3.48. The summed E-state index contributed by atoms with van der Waals surface area (Å²) in [6, 6.07) is 12.7. The topological polar surface area (TPSA) is 80.9 Å². The van der Waals surface area contributed by atoms with Gasteiger partial charge in [-0.1, -0.05) is 35.9 Å². The number of nitrogens with one attached hydrogen (secondary N) is 2. The standard InChI is InChI=1S/C21H22ClN5O2S/c1-13-7-4-5-8-15(13)20(29)23-11-18-25-27(21(30)26(18)3)12-19(28)24-17-10-6-9-16(22)14(17)2/h4-10H,11-12H2,1-3H3,(H,23,29)(H,24,28). The third-order valence-corrected chi connectivity index (χ3v) is 5.66. The van der Waals surface area contributed by atoms with Crippen LogP contribution in [-0.4, -0.2) is 26.2 Å². The third kappa shape index (κ3) is 4.77. The average molecular weight is 444 g/mol. The fraction of sp³-hybridized carbons (Fsp3) is 0.238. The van der Waals surface area contributed by atoms with E-state index < -0.39 is 0 Å². The number of anilines is 1. The zero-order chi connectivity index (χ0) is 21.8. The van der Waals surface area contributed by atoms with Crippen molar-refractivity contribution in [3.63, 3.8) is 0 Å². The van der Waals surface area contributed by atoms with E-state index in [1.165, 1.54) is 4.68 Å². The molecule has 3 rings (SSSR count). The Balaban J connectivity index is 1.68. The summed E-state index contributed by atoms with van der Waals surface area (Å²) in [6.07, 6.45) is 0. The van der Waals surface area contributed by atoms with Gasteiger partial charge in [-0.25, -0.2) is 4.68 Å². The smallest absolute Gasteiger partial charge is 0.251 e. The van der Waals surface area contributed by atoms with Crippen molar-refractivity contribution in [1.29, 1.82) is 0 Å². The molecule has 0 saturated heterocycles. The Kier molecular flexibility index (Phi) is 6.69. The average Bonchev–Trinajstić information content (AvgIpc) is 2.97. The lowest BCUT2D eigenvalue weighted by Gasteiger charge is -2.09. The molecule has 7 nitrogen and oxygen atoms in total. The molecule has 0 spiro atoms. The number of carbonyl (C=O) groups is 2. The molecule has 0 aliphatic carbocycles. The lowest BCUT2D eigenvalue weighted by atomic mass is 10.1. The van der Waals surface area contributed by atoms with E-state index in [2.05, 4.69) is 15.7 Å². The fourth-order valence-corrected chi connectivity index (χ4v) is 3.33. The Morgan fingerprint density at radius 3 is 2.60 bits per heavy atom. The van der Waals surface area contributed by atoms with E-state index in [4.69, 9.17) is 23.8 Å². The number of aromatic nitrogens is 3. The van der Waals surface area contributed by atoms with E-state index in [1.807, 2.05) is 32.0 Å². The minimum Gasteiger partial charge on any atom is -0.345 e. The maximum Gasteiger partial charge on any atom is 0.251 e. The van der Waals surface area contributed by atoms with Gasteiger partial charge in [0, 0.05) is 23.3 Å². The summed E-state index contributed by atoms with van der Waals surface area (Å²) in [5, 5.41) is 10.6. The number of carbonyl (C=O) groups excluding carboxylic acids is 2. The highest BCUT2D eigenvalue weighted by atomic mass is 35.5. The van der Waals surface area contributed by atoms with Crippen LogP contribution in [0.1, 0.15) is 27.3 Å². The van der Waals surface area contributed by atoms with Crippen LogP contribution in [0.3, 0.4) is 0 Å². The predicted octanol–water partition coefficient (Wildman–Crippen LogP) is 3.79. The van der Waals surface area contributed by atoms with Gasteiger partial charge in [0.1, 0.15) is 6.54 Å². The molecule has 2 aromatic carbocycles. The van der Waals surface area contributed by atoms with E-state index in [9.17, 15) is 9.59 Å². The normalized spacial score (nSPS) is 10.7. The van der Waals surface area contributed by atoms with Crippen molar-refractivity contribution in [2.75, 3.05) is 5.32 Å². The molecule has 2 N–H and O–H groups in total. The van der Waals surface area contributed by atoms with Crippen LogP contribution in [0.4, 0.5) is 5.69 Å². The number of aryl methyl sites for hydroxylation is 1. The molecular weight excluding hydrogens is 422 g/mol. The van der Waals surface area contributed by atoms with Crippen molar-refractivity contribution >= 4 is 41.3 Å². The Labute approximate surface area is 184 Å². The van der Waals surface area contributed by atoms with Crippen LogP contribution in [0.2, 0.25) is 5.02 Å². The van der Waals surface area contributed by atoms with Crippen LogP contribution in [-0.2, 0) is 24.9 Å². The number of nitrogens with zero attached hydrogens (tertiary/aromatic N) is 3. The van der Waals surface area contributed by atoms with Crippen molar-refractivity contribution in [3.05, 3.63) is 74.8 Å². The Bertz CT molecular complexity index is 1170. The second-order valence-corrected chi connectivity index (χ2v) is 7.65. The first kappa shape index (κ1) is 21.7. The zero-order valence-corrected chi connectivity index (χ0v) is 18.5. The first-order valence-corrected chi connectivity index (χ1v) is 10.1. The van der Waals surface area contributed by atoms with Crippen LogP contribution >= 0.6 is 23.8 Å². The van der Waals surface area contributed by atoms with Crippen LogP contribution in [0.25, 0.3) is 0 Å². The molecule has 0 unspecified atom stereocenters. The second-order valence-electron chi connectivity index (χ2n) is 6.87. The molecule has 1 heterocycles. The Morgan fingerprint density at radius 2 is 1.87 bits per heavy atom. The monoisotopic (exact) mass is 443 g/mol. The van der Waals surface area contributed by atoms with Crippen LogP contribution in [0, 0.1) is 18.6 Å². The summed E-state index contributed by atoms with van der Waals surface area (Å²) >= 11 is 11.5. The summed E-state index contributed by atoms with van der Waals surface area (Å²) in [7, 11) is 1.75. The number of benzene rings is 2. The van der Waals surface area contributed by atoms with Gasteiger partial charge in [-0.05, 0) is 55.4 Å². The zero-order valence-electron chi connectivity index (χ0n) is 16.9. The summed E-state index contributed by atoms with van der Waals surface area (Å²) in [5.41, 5.74) is 2.92. The molecule has 2 amide bonds. The van der Waals surface area contributed by atoms with Crippen LogP contribution in [0.5, 0.6) is 0 Å². The van der Waals surface area contributed by atoms with Gasteiger partial charge in [-0.2, -0.15) is 5.10 Å². The molecule has 3 aromatic rings. The van der Waals surface area contributed by atoms with E-state index in [1.54, 1.807) is 35.9 Å². The molecule has 1 aromatic heterocycles. The van der Waals surface area contributed by atoms with E-state index >= 15 is 0 Å². The van der Waals surface area contributed by atoms with Gasteiger partial charge in [0.05, 0.1) is 6.54 Å². The Morgan fingerprint density at radius 1 is 1.13 bits per heavy atom. The van der Waals surface area contributed by atoms with Gasteiger partial charge in [0.25, 0.3) is 5.91 Å². The lowest BCUT2D eigenvalue weighted by molar-refractivity contribution is -0.116. The van der Waals surface area contributed by atoms with Gasteiger partial charge in [-0.15, -0.1) is 0 Å². The fourth-order valence-electron chi connectivity index (χ4n) is 2.94. The summed E-state index contributed by atoms with van der Waals surface area (Å²) in [4.78, 5) is 24.9. The summed E-state index contributed by atoms with van der Waals surface area (Å²) in [5.74, 6) is 0.0847. The molecule has 30 heavy (non-hydrogen) atoms. The maximum absolute atomic E-state index is 12.5. The van der Waals surface area contributed by atoms with Crippen LogP contribution < -0.4 is 10.6 Å². The maximum atomic E-state index is 12.5. The van der Waals surface area contributed by atoms with Gasteiger partial charge >= 0.3 is 0 Å².